The van der Waals surface area contributed by atoms with E-state index < -0.39 is 11.8 Å². The van der Waals surface area contributed by atoms with Crippen LogP contribution in [-0.2, 0) is 4.79 Å². The van der Waals surface area contributed by atoms with Crippen LogP contribution in [0.3, 0.4) is 0 Å². The van der Waals surface area contributed by atoms with Crippen molar-refractivity contribution in [2.45, 2.75) is 13.8 Å². The molecule has 0 aromatic heterocycles. The van der Waals surface area contributed by atoms with Crippen LogP contribution in [0.5, 0.6) is 11.5 Å². The molecule has 0 aliphatic rings. The van der Waals surface area contributed by atoms with Gasteiger partial charge in [-0.05, 0) is 55.3 Å². The third kappa shape index (κ3) is 4.63. The van der Waals surface area contributed by atoms with Gasteiger partial charge in [0, 0.05) is 10.6 Å². The van der Waals surface area contributed by atoms with Crippen LogP contribution in [0.25, 0.3) is 0 Å². The van der Waals surface area contributed by atoms with Crippen LogP contribution in [0, 0.1) is 13.8 Å². The van der Waals surface area contributed by atoms with Crippen molar-refractivity contribution in [3.05, 3.63) is 58.1 Å². The van der Waals surface area contributed by atoms with Crippen LogP contribution in [0.15, 0.2) is 36.4 Å². The van der Waals surface area contributed by atoms with Crippen LogP contribution in [0.4, 0.5) is 0 Å². The molecule has 24 heavy (non-hydrogen) atoms. The Bertz CT molecular complexity index is 754. The Kier molecular flexibility index (Phi) is 5.65. The summed E-state index contributed by atoms with van der Waals surface area (Å²) in [5.41, 5.74) is 6.35. The topological polar surface area (TPSA) is 87.7 Å². The molecule has 0 fully saturated rings. The Labute approximate surface area is 144 Å². The zero-order chi connectivity index (χ0) is 17.7. The number of phenols is 1. The Morgan fingerprint density at radius 1 is 1.12 bits per heavy atom. The summed E-state index contributed by atoms with van der Waals surface area (Å²) in [5, 5.41) is 9.92. The Hall–Kier alpha value is -2.73. The van der Waals surface area contributed by atoms with Gasteiger partial charge in [-0.2, -0.15) is 0 Å². The first-order valence-electron chi connectivity index (χ1n) is 7.14. The van der Waals surface area contributed by atoms with Crippen molar-refractivity contribution in [3.8, 4) is 11.5 Å². The molecule has 2 rings (SSSR count). The number of hydrogen-bond donors (Lipinski definition) is 3. The molecule has 7 heteroatoms. The van der Waals surface area contributed by atoms with Crippen molar-refractivity contribution < 1.29 is 19.4 Å². The van der Waals surface area contributed by atoms with Crippen molar-refractivity contribution in [2.75, 3.05) is 6.61 Å². The van der Waals surface area contributed by atoms with Crippen LogP contribution in [0.1, 0.15) is 21.5 Å². The molecule has 2 aromatic carbocycles. The van der Waals surface area contributed by atoms with Crippen molar-refractivity contribution in [1.82, 2.24) is 10.9 Å². The van der Waals surface area contributed by atoms with E-state index in [1.54, 1.807) is 12.1 Å². The van der Waals surface area contributed by atoms with Crippen molar-refractivity contribution in [1.29, 1.82) is 0 Å². The van der Waals surface area contributed by atoms with E-state index in [0.717, 1.165) is 11.1 Å². The normalized spacial score (nSPS) is 10.1. The van der Waals surface area contributed by atoms with E-state index in [2.05, 4.69) is 10.9 Å². The van der Waals surface area contributed by atoms with E-state index in [4.69, 9.17) is 16.3 Å². The van der Waals surface area contributed by atoms with Gasteiger partial charge in [0.15, 0.2) is 6.61 Å². The van der Waals surface area contributed by atoms with Gasteiger partial charge in [-0.3, -0.25) is 20.4 Å². The predicted molar refractivity (Wildman–Crippen MR) is 90.1 cm³/mol. The zero-order valence-electron chi connectivity index (χ0n) is 13.2. The van der Waals surface area contributed by atoms with Gasteiger partial charge in [0.05, 0.1) is 0 Å². The van der Waals surface area contributed by atoms with E-state index in [0.29, 0.717) is 10.8 Å². The van der Waals surface area contributed by atoms with Gasteiger partial charge in [0.2, 0.25) is 0 Å². The molecule has 0 atom stereocenters. The predicted octanol–water partition coefficient (Wildman–Crippen LogP) is 2.50. The third-order valence-corrected chi connectivity index (χ3v) is 3.41. The van der Waals surface area contributed by atoms with Crippen LogP contribution in [0.2, 0.25) is 5.02 Å². The van der Waals surface area contributed by atoms with Gasteiger partial charge in [-0.25, -0.2) is 0 Å². The molecule has 0 heterocycles. The maximum Gasteiger partial charge on any atom is 0.276 e. The summed E-state index contributed by atoms with van der Waals surface area (Å²) in [5.74, 6) is -0.518. The first-order valence-corrected chi connectivity index (χ1v) is 7.52. The lowest BCUT2D eigenvalue weighted by Crippen LogP contribution is -2.43. The number of aromatic hydroxyl groups is 1. The molecule has 0 saturated carbocycles. The van der Waals surface area contributed by atoms with E-state index in [1.165, 1.54) is 24.3 Å². The zero-order valence-corrected chi connectivity index (χ0v) is 14.0. The number of halogens is 1. The lowest BCUT2D eigenvalue weighted by Gasteiger charge is -2.13. The van der Waals surface area contributed by atoms with Crippen molar-refractivity contribution in [2.24, 2.45) is 0 Å². The first kappa shape index (κ1) is 17.6. The Morgan fingerprint density at radius 3 is 2.42 bits per heavy atom. The fourth-order valence-electron chi connectivity index (χ4n) is 2.14. The molecule has 0 aliphatic heterocycles. The number of ether oxygens (including phenoxy) is 1. The highest BCUT2D eigenvalue weighted by Crippen LogP contribution is 2.26. The number of nitrogens with one attached hydrogen (secondary N) is 2. The van der Waals surface area contributed by atoms with E-state index in [9.17, 15) is 14.7 Å². The SMILES string of the molecule is Cc1cc(Cl)cc(C)c1OCC(=O)NNC(=O)c1cccc(O)c1. The molecule has 0 spiro atoms. The molecule has 6 nitrogen and oxygen atoms in total. The minimum absolute atomic E-state index is 0.0361. The number of rotatable bonds is 4. The lowest BCUT2D eigenvalue weighted by atomic mass is 10.1. The van der Waals surface area contributed by atoms with Gasteiger partial charge in [0.1, 0.15) is 11.5 Å². The highest BCUT2D eigenvalue weighted by Gasteiger charge is 2.11. The maximum absolute atomic E-state index is 11.8. The summed E-state index contributed by atoms with van der Waals surface area (Å²) in [6, 6.07) is 9.26. The van der Waals surface area contributed by atoms with Crippen LogP contribution in [-0.4, -0.2) is 23.5 Å². The van der Waals surface area contributed by atoms with E-state index >= 15 is 0 Å². The monoisotopic (exact) mass is 348 g/mol. The quantitative estimate of drug-likeness (QED) is 0.741. The average Bonchev–Trinajstić information content (AvgIpc) is 2.51. The average molecular weight is 349 g/mol. The third-order valence-electron chi connectivity index (χ3n) is 3.20. The van der Waals surface area contributed by atoms with Gasteiger partial charge in [-0.15, -0.1) is 0 Å². The summed E-state index contributed by atoms with van der Waals surface area (Å²) >= 11 is 5.94. The summed E-state index contributed by atoms with van der Waals surface area (Å²) in [4.78, 5) is 23.6. The van der Waals surface area contributed by atoms with Crippen molar-refractivity contribution in [3.63, 3.8) is 0 Å². The minimum Gasteiger partial charge on any atom is -0.508 e. The van der Waals surface area contributed by atoms with Crippen molar-refractivity contribution >= 4 is 23.4 Å². The maximum atomic E-state index is 11.8. The summed E-state index contributed by atoms with van der Waals surface area (Å²) in [7, 11) is 0. The van der Waals surface area contributed by atoms with Crippen LogP contribution >= 0.6 is 11.6 Å². The molecule has 3 N–H and O–H groups in total. The molecular formula is C17H17ClN2O4. The minimum atomic E-state index is -0.543. The second-order valence-corrected chi connectivity index (χ2v) is 5.65. The highest BCUT2D eigenvalue weighted by atomic mass is 35.5. The number of amides is 2. The molecule has 0 unspecified atom stereocenters. The molecular weight excluding hydrogens is 332 g/mol. The molecule has 2 amide bonds. The van der Waals surface area contributed by atoms with Gasteiger partial charge >= 0.3 is 0 Å². The second-order valence-electron chi connectivity index (χ2n) is 5.21. The highest BCUT2D eigenvalue weighted by molar-refractivity contribution is 6.30. The molecule has 0 aliphatic carbocycles. The van der Waals surface area contributed by atoms with E-state index in [-0.39, 0.29) is 17.9 Å². The molecule has 126 valence electrons. The van der Waals surface area contributed by atoms with Gasteiger partial charge in [0.25, 0.3) is 11.8 Å². The second kappa shape index (κ2) is 7.70. The molecule has 2 aromatic rings. The Morgan fingerprint density at radius 2 is 1.79 bits per heavy atom. The van der Waals surface area contributed by atoms with Gasteiger partial charge < -0.3 is 9.84 Å². The fraction of sp³-hybridized carbons (Fsp3) is 0.176. The number of aryl methyl sites for hydroxylation is 2. The number of hydrogen-bond acceptors (Lipinski definition) is 4. The number of carbonyl (C=O) groups excluding carboxylic acids is 2. The summed E-state index contributed by atoms with van der Waals surface area (Å²) in [6.07, 6.45) is 0. The lowest BCUT2D eigenvalue weighted by molar-refractivity contribution is -0.123. The smallest absolute Gasteiger partial charge is 0.276 e. The largest absolute Gasteiger partial charge is 0.508 e. The molecule has 0 saturated heterocycles. The number of phenolic OH excluding ortho intramolecular Hbond substituents is 1. The Balaban J connectivity index is 1.87. The molecule has 0 radical (unpaired) electrons. The standard InChI is InChI=1S/C17H17ClN2O4/c1-10-6-13(18)7-11(2)16(10)24-9-15(22)19-20-17(23)12-4-3-5-14(21)8-12/h3-8,21H,9H2,1-2H3,(H,19,22)(H,20,23). The van der Waals surface area contributed by atoms with Crippen LogP contribution < -0.4 is 15.6 Å². The number of benzene rings is 2. The first-order chi connectivity index (χ1) is 11.4. The number of hydrazine groups is 1. The fourth-order valence-corrected chi connectivity index (χ4v) is 2.47. The van der Waals surface area contributed by atoms with Gasteiger partial charge in [-0.1, -0.05) is 17.7 Å². The molecule has 0 bridgehead atoms. The summed E-state index contributed by atoms with van der Waals surface area (Å²) < 4.78 is 5.48. The summed E-state index contributed by atoms with van der Waals surface area (Å²) in [6.45, 7) is 3.40. The number of carbonyl (C=O) groups is 2. The van der Waals surface area contributed by atoms with E-state index in [1.807, 2.05) is 13.8 Å².